The van der Waals surface area contributed by atoms with Crippen LogP contribution in [0.1, 0.15) is 36.5 Å². The van der Waals surface area contributed by atoms with Gasteiger partial charge >= 0.3 is 0 Å². The minimum absolute atomic E-state index is 0.365. The average molecular weight is 356 g/mol. The van der Waals surface area contributed by atoms with E-state index in [1.54, 1.807) is 6.07 Å². The van der Waals surface area contributed by atoms with Crippen LogP contribution in [0.4, 0.5) is 0 Å². The molecule has 0 aliphatic heterocycles. The molecule has 0 heterocycles. The van der Waals surface area contributed by atoms with Gasteiger partial charge in [-0.05, 0) is 46.0 Å². The predicted molar refractivity (Wildman–Crippen MR) is 74.5 cm³/mol. The molecule has 0 saturated heterocycles. The molecule has 0 aliphatic rings. The fourth-order valence-electron chi connectivity index (χ4n) is 1.68. The van der Waals surface area contributed by atoms with E-state index in [-0.39, 0.29) is 0 Å². The molecule has 1 rings (SSSR count). The first-order chi connectivity index (χ1) is 8.15. The summed E-state index contributed by atoms with van der Waals surface area (Å²) < 4.78 is 1.69. The van der Waals surface area contributed by atoms with Crippen LogP contribution in [0.3, 0.4) is 0 Å². The fraction of sp³-hybridized carbons (Fsp3) is 0.385. The van der Waals surface area contributed by atoms with Crippen molar-refractivity contribution in [3.8, 4) is 12.1 Å². The third kappa shape index (κ3) is 3.31. The monoisotopic (exact) mass is 354 g/mol. The maximum Gasteiger partial charge on any atom is 0.100 e. The van der Waals surface area contributed by atoms with E-state index in [0.29, 0.717) is 12.0 Å². The van der Waals surface area contributed by atoms with Gasteiger partial charge in [0, 0.05) is 8.95 Å². The first kappa shape index (κ1) is 14.2. The smallest absolute Gasteiger partial charge is 0.100 e. The topological polar surface area (TPSA) is 47.6 Å². The molecule has 4 heteroatoms. The summed E-state index contributed by atoms with van der Waals surface area (Å²) in [7, 11) is 0. The van der Waals surface area contributed by atoms with Crippen LogP contribution >= 0.6 is 31.9 Å². The zero-order valence-corrected chi connectivity index (χ0v) is 12.7. The second kappa shape index (κ2) is 6.79. The van der Waals surface area contributed by atoms with Crippen LogP contribution in [0, 0.1) is 22.7 Å². The summed E-state index contributed by atoms with van der Waals surface area (Å²) in [6, 6.07) is 6.11. The number of rotatable bonds is 4. The molecule has 1 aromatic rings. The predicted octanol–water partition coefficient (Wildman–Crippen LogP) is 4.49. The summed E-state index contributed by atoms with van der Waals surface area (Å²) in [4.78, 5) is 0. The second-order valence-electron chi connectivity index (χ2n) is 3.73. The van der Waals surface area contributed by atoms with E-state index >= 15 is 0 Å². The highest BCUT2D eigenvalue weighted by molar-refractivity contribution is 9.11. The molecule has 0 unspecified atom stereocenters. The van der Waals surface area contributed by atoms with Gasteiger partial charge in [0.15, 0.2) is 0 Å². The highest BCUT2D eigenvalue weighted by Gasteiger charge is 2.14. The van der Waals surface area contributed by atoms with Crippen molar-refractivity contribution in [1.29, 1.82) is 10.5 Å². The number of hydrogen-bond acceptors (Lipinski definition) is 2. The molecule has 1 aromatic carbocycles. The number of hydrogen-bond donors (Lipinski definition) is 0. The lowest BCUT2D eigenvalue weighted by atomic mass is 9.98. The Morgan fingerprint density at radius 3 is 2.47 bits per heavy atom. The zero-order chi connectivity index (χ0) is 12.8. The molecular formula is C13H12Br2N2. The minimum Gasteiger partial charge on any atom is -0.198 e. The Hall–Kier alpha value is -0.840. The van der Waals surface area contributed by atoms with Gasteiger partial charge in [0.2, 0.25) is 0 Å². The summed E-state index contributed by atoms with van der Waals surface area (Å²) in [5.41, 5.74) is 2.69. The minimum atomic E-state index is 0.365. The lowest BCUT2D eigenvalue weighted by molar-refractivity contribution is 0.785. The van der Waals surface area contributed by atoms with E-state index in [0.717, 1.165) is 39.3 Å². The molecule has 0 N–H and O–H groups in total. The van der Waals surface area contributed by atoms with Crippen molar-refractivity contribution in [3.63, 3.8) is 0 Å². The van der Waals surface area contributed by atoms with Gasteiger partial charge < -0.3 is 0 Å². The van der Waals surface area contributed by atoms with E-state index in [2.05, 4.69) is 50.9 Å². The van der Waals surface area contributed by atoms with Gasteiger partial charge in [-0.3, -0.25) is 0 Å². The van der Waals surface area contributed by atoms with Crippen LogP contribution < -0.4 is 0 Å². The Labute approximate surface area is 119 Å². The van der Waals surface area contributed by atoms with Crippen LogP contribution in [0.15, 0.2) is 15.0 Å². The molecule has 0 atom stereocenters. The molecule has 0 aromatic heterocycles. The molecule has 0 fully saturated rings. The summed E-state index contributed by atoms with van der Waals surface area (Å²) >= 11 is 6.92. The van der Waals surface area contributed by atoms with Gasteiger partial charge in [-0.2, -0.15) is 10.5 Å². The Kier molecular flexibility index (Phi) is 5.68. The summed E-state index contributed by atoms with van der Waals surface area (Å²) in [5, 5.41) is 17.9. The molecule has 0 aliphatic carbocycles. The zero-order valence-electron chi connectivity index (χ0n) is 9.56. The van der Waals surface area contributed by atoms with Crippen molar-refractivity contribution in [2.75, 3.05) is 0 Å². The molecule has 17 heavy (non-hydrogen) atoms. The largest absolute Gasteiger partial charge is 0.198 e. The van der Waals surface area contributed by atoms with Crippen LogP contribution in [0.5, 0.6) is 0 Å². The van der Waals surface area contributed by atoms with Gasteiger partial charge in [0.1, 0.15) is 6.07 Å². The van der Waals surface area contributed by atoms with Gasteiger partial charge in [0.25, 0.3) is 0 Å². The maximum atomic E-state index is 9.05. The fourth-order valence-corrected chi connectivity index (χ4v) is 2.93. The number of benzene rings is 1. The quantitative estimate of drug-likeness (QED) is 0.798. The SMILES string of the molecule is CCCCc1c(Br)c(C#N)cc(Br)c1CC#N. The lowest BCUT2D eigenvalue weighted by Crippen LogP contribution is -1.99. The van der Waals surface area contributed by atoms with Gasteiger partial charge in [-0.15, -0.1) is 0 Å². The normalized spacial score (nSPS) is 9.71. The third-order valence-electron chi connectivity index (χ3n) is 2.58. The summed E-state index contributed by atoms with van der Waals surface area (Å²) in [5.74, 6) is 0. The Morgan fingerprint density at radius 1 is 1.24 bits per heavy atom. The number of unbranched alkanes of at least 4 members (excludes halogenated alkanes) is 1. The number of nitriles is 2. The molecular weight excluding hydrogens is 344 g/mol. The Bertz CT molecular complexity index is 496. The van der Waals surface area contributed by atoms with Crippen molar-refractivity contribution < 1.29 is 0 Å². The summed E-state index contributed by atoms with van der Waals surface area (Å²) in [6.45, 7) is 2.13. The van der Waals surface area contributed by atoms with Crippen LogP contribution in [-0.4, -0.2) is 0 Å². The Balaban J connectivity index is 3.33. The first-order valence-corrected chi connectivity index (χ1v) is 7.01. The van der Waals surface area contributed by atoms with E-state index in [1.807, 2.05) is 0 Å². The van der Waals surface area contributed by atoms with Gasteiger partial charge in [0.05, 0.1) is 18.1 Å². The van der Waals surface area contributed by atoms with E-state index in [4.69, 9.17) is 10.5 Å². The average Bonchev–Trinajstić information content (AvgIpc) is 2.33. The van der Waals surface area contributed by atoms with Gasteiger partial charge in [-0.25, -0.2) is 0 Å². The molecule has 0 saturated carbocycles. The van der Waals surface area contributed by atoms with Crippen LogP contribution in [0.25, 0.3) is 0 Å². The van der Waals surface area contributed by atoms with Crippen LogP contribution in [0.2, 0.25) is 0 Å². The van der Waals surface area contributed by atoms with Crippen molar-refractivity contribution in [2.45, 2.75) is 32.6 Å². The van der Waals surface area contributed by atoms with E-state index in [9.17, 15) is 0 Å². The van der Waals surface area contributed by atoms with E-state index in [1.165, 1.54) is 0 Å². The number of halogens is 2. The Morgan fingerprint density at radius 2 is 1.94 bits per heavy atom. The van der Waals surface area contributed by atoms with Crippen molar-refractivity contribution in [1.82, 2.24) is 0 Å². The first-order valence-electron chi connectivity index (χ1n) is 5.42. The highest BCUT2D eigenvalue weighted by Crippen LogP contribution is 2.32. The summed E-state index contributed by atoms with van der Waals surface area (Å²) in [6.07, 6.45) is 3.40. The molecule has 0 bridgehead atoms. The van der Waals surface area contributed by atoms with Crippen molar-refractivity contribution >= 4 is 31.9 Å². The third-order valence-corrected chi connectivity index (χ3v) is 4.19. The molecule has 0 spiro atoms. The van der Waals surface area contributed by atoms with E-state index < -0.39 is 0 Å². The molecule has 0 amide bonds. The highest BCUT2D eigenvalue weighted by atomic mass is 79.9. The maximum absolute atomic E-state index is 9.05. The molecule has 2 nitrogen and oxygen atoms in total. The lowest BCUT2D eigenvalue weighted by Gasteiger charge is -2.12. The standard InChI is InChI=1S/C13H12Br2N2/c1-2-3-4-11-10(5-6-16)12(14)7-9(8-17)13(11)15/h7H,2-5H2,1H3. The van der Waals surface area contributed by atoms with Crippen molar-refractivity contribution in [3.05, 3.63) is 31.7 Å². The van der Waals surface area contributed by atoms with Gasteiger partial charge in [-0.1, -0.05) is 29.3 Å². The number of nitrogens with zero attached hydrogens (tertiary/aromatic N) is 2. The van der Waals surface area contributed by atoms with Crippen LogP contribution in [-0.2, 0) is 12.8 Å². The second-order valence-corrected chi connectivity index (χ2v) is 5.37. The van der Waals surface area contributed by atoms with Crippen molar-refractivity contribution in [2.24, 2.45) is 0 Å². The molecule has 0 radical (unpaired) electrons. The molecule has 88 valence electrons.